The van der Waals surface area contributed by atoms with E-state index in [1.165, 1.54) is 18.2 Å². The van der Waals surface area contributed by atoms with Crippen molar-refractivity contribution in [1.29, 1.82) is 0 Å². The number of hydrogen-bond donors (Lipinski definition) is 1. The Morgan fingerprint density at radius 3 is 2.19 bits per heavy atom. The number of hydrogen-bond acceptors (Lipinski definition) is 1. The normalized spacial score (nSPS) is 12.8. The van der Waals surface area contributed by atoms with Gasteiger partial charge in [-0.15, -0.1) is 0 Å². The van der Waals surface area contributed by atoms with E-state index in [1.54, 1.807) is 12.1 Å². The van der Waals surface area contributed by atoms with Crippen molar-refractivity contribution in [3.63, 3.8) is 0 Å². The summed E-state index contributed by atoms with van der Waals surface area (Å²) < 4.78 is 52.3. The van der Waals surface area contributed by atoms with Gasteiger partial charge >= 0.3 is 6.18 Å². The lowest BCUT2D eigenvalue weighted by molar-refractivity contribution is -0.137. The van der Waals surface area contributed by atoms with E-state index in [-0.39, 0.29) is 11.6 Å². The van der Waals surface area contributed by atoms with Gasteiger partial charge in [0.15, 0.2) is 0 Å². The Labute approximate surface area is 155 Å². The van der Waals surface area contributed by atoms with Crippen LogP contribution in [0.4, 0.5) is 17.6 Å². The SMILES string of the molecule is C[C@@H](NCc1ccc(F)c(-c2ccc(C(F)(F)F)cc2)c1)c1ccccc1. The van der Waals surface area contributed by atoms with Gasteiger partial charge in [-0.05, 0) is 47.9 Å². The maximum Gasteiger partial charge on any atom is 0.416 e. The minimum atomic E-state index is -4.41. The van der Waals surface area contributed by atoms with E-state index >= 15 is 0 Å². The maximum absolute atomic E-state index is 14.2. The van der Waals surface area contributed by atoms with Crippen LogP contribution < -0.4 is 5.32 Å². The topological polar surface area (TPSA) is 12.0 Å². The third-order valence-corrected chi connectivity index (χ3v) is 4.47. The molecular formula is C22H19F4N. The summed E-state index contributed by atoms with van der Waals surface area (Å²) in [5.74, 6) is -0.463. The van der Waals surface area contributed by atoms with Crippen LogP contribution in [-0.2, 0) is 12.7 Å². The number of nitrogens with one attached hydrogen (secondary N) is 1. The predicted molar refractivity (Wildman–Crippen MR) is 98.5 cm³/mol. The highest BCUT2D eigenvalue weighted by molar-refractivity contribution is 5.65. The van der Waals surface area contributed by atoms with Crippen molar-refractivity contribution >= 4 is 0 Å². The zero-order valence-electron chi connectivity index (χ0n) is 14.7. The standard InChI is InChI=1S/C22H19F4N/c1-15(17-5-3-2-4-6-17)27-14-16-7-12-21(23)20(13-16)18-8-10-19(11-9-18)22(24,25)26/h2-13,15,27H,14H2,1H3/t15-/m1/s1. The van der Waals surface area contributed by atoms with Crippen LogP contribution in [0.2, 0.25) is 0 Å². The molecule has 1 N–H and O–H groups in total. The fourth-order valence-electron chi connectivity index (χ4n) is 2.87. The van der Waals surface area contributed by atoms with Gasteiger partial charge in [0.2, 0.25) is 0 Å². The van der Waals surface area contributed by atoms with E-state index < -0.39 is 17.6 Å². The quantitative estimate of drug-likeness (QED) is 0.513. The van der Waals surface area contributed by atoms with Crippen molar-refractivity contribution in [1.82, 2.24) is 5.32 Å². The molecule has 0 aromatic heterocycles. The summed E-state index contributed by atoms with van der Waals surface area (Å²) >= 11 is 0. The minimum Gasteiger partial charge on any atom is -0.306 e. The second-order valence-electron chi connectivity index (χ2n) is 6.40. The van der Waals surface area contributed by atoms with Gasteiger partial charge in [-0.1, -0.05) is 48.5 Å². The van der Waals surface area contributed by atoms with Gasteiger partial charge in [0.05, 0.1) is 5.56 Å². The van der Waals surface area contributed by atoms with E-state index in [0.29, 0.717) is 12.1 Å². The third kappa shape index (κ3) is 4.74. The highest BCUT2D eigenvalue weighted by Crippen LogP contribution is 2.32. The molecule has 5 heteroatoms. The minimum absolute atomic E-state index is 0.116. The fourth-order valence-corrected chi connectivity index (χ4v) is 2.87. The van der Waals surface area contributed by atoms with Crippen LogP contribution >= 0.6 is 0 Å². The Morgan fingerprint density at radius 2 is 1.56 bits per heavy atom. The molecule has 1 atom stereocenters. The number of halogens is 4. The molecule has 0 saturated heterocycles. The van der Waals surface area contributed by atoms with E-state index in [0.717, 1.165) is 23.3 Å². The molecular weight excluding hydrogens is 354 g/mol. The van der Waals surface area contributed by atoms with Gasteiger partial charge in [-0.25, -0.2) is 4.39 Å². The van der Waals surface area contributed by atoms with Crippen molar-refractivity contribution in [2.45, 2.75) is 25.7 Å². The van der Waals surface area contributed by atoms with Gasteiger partial charge in [-0.2, -0.15) is 13.2 Å². The van der Waals surface area contributed by atoms with E-state index in [9.17, 15) is 17.6 Å². The van der Waals surface area contributed by atoms with Gasteiger partial charge in [0, 0.05) is 18.2 Å². The molecule has 0 unspecified atom stereocenters. The second-order valence-corrected chi connectivity index (χ2v) is 6.40. The molecule has 3 aromatic carbocycles. The van der Waals surface area contributed by atoms with Crippen molar-refractivity contribution in [2.24, 2.45) is 0 Å². The van der Waals surface area contributed by atoms with E-state index in [1.807, 2.05) is 37.3 Å². The van der Waals surface area contributed by atoms with Gasteiger partial charge in [0.25, 0.3) is 0 Å². The molecule has 0 heterocycles. The molecule has 0 amide bonds. The lowest BCUT2D eigenvalue weighted by atomic mass is 10.0. The summed E-state index contributed by atoms with van der Waals surface area (Å²) in [6.07, 6.45) is -4.41. The molecule has 0 aliphatic rings. The van der Waals surface area contributed by atoms with E-state index in [4.69, 9.17) is 0 Å². The Bertz CT molecular complexity index is 886. The zero-order chi connectivity index (χ0) is 19.4. The second kappa shape index (κ2) is 7.92. The zero-order valence-corrected chi connectivity index (χ0v) is 14.7. The maximum atomic E-state index is 14.2. The average Bonchev–Trinajstić information content (AvgIpc) is 2.67. The molecule has 0 spiro atoms. The van der Waals surface area contributed by atoms with Gasteiger partial charge in [-0.3, -0.25) is 0 Å². The Balaban J connectivity index is 1.76. The van der Waals surface area contributed by atoms with Crippen LogP contribution in [0.1, 0.15) is 29.7 Å². The smallest absolute Gasteiger partial charge is 0.306 e. The molecule has 0 aliphatic heterocycles. The Kier molecular flexibility index (Phi) is 5.61. The molecule has 0 bridgehead atoms. The Morgan fingerprint density at radius 1 is 0.889 bits per heavy atom. The molecule has 0 fully saturated rings. The van der Waals surface area contributed by atoms with Crippen molar-refractivity contribution in [2.75, 3.05) is 0 Å². The molecule has 27 heavy (non-hydrogen) atoms. The van der Waals surface area contributed by atoms with Crippen LogP contribution in [0.25, 0.3) is 11.1 Å². The molecule has 3 rings (SSSR count). The summed E-state index contributed by atoms with van der Waals surface area (Å²) in [5, 5.41) is 3.37. The average molecular weight is 373 g/mol. The summed E-state index contributed by atoms with van der Waals surface area (Å²) in [5.41, 5.74) is 1.95. The summed E-state index contributed by atoms with van der Waals surface area (Å²) in [4.78, 5) is 0. The summed E-state index contributed by atoms with van der Waals surface area (Å²) in [6.45, 7) is 2.56. The number of rotatable bonds is 5. The van der Waals surface area contributed by atoms with Crippen LogP contribution in [0, 0.1) is 5.82 Å². The van der Waals surface area contributed by atoms with Crippen molar-refractivity contribution in [3.05, 3.63) is 95.3 Å². The monoisotopic (exact) mass is 373 g/mol. The van der Waals surface area contributed by atoms with Crippen LogP contribution in [0.3, 0.4) is 0 Å². The van der Waals surface area contributed by atoms with Crippen LogP contribution in [0.15, 0.2) is 72.8 Å². The predicted octanol–water partition coefficient (Wildman–Crippen LogP) is 6.36. The molecule has 3 aromatic rings. The first-order chi connectivity index (χ1) is 12.8. The number of alkyl halides is 3. The first-order valence-electron chi connectivity index (χ1n) is 8.59. The van der Waals surface area contributed by atoms with Crippen molar-refractivity contribution < 1.29 is 17.6 Å². The molecule has 0 radical (unpaired) electrons. The fraction of sp³-hybridized carbons (Fsp3) is 0.182. The third-order valence-electron chi connectivity index (χ3n) is 4.47. The lowest BCUT2D eigenvalue weighted by Crippen LogP contribution is -2.18. The van der Waals surface area contributed by atoms with Crippen LogP contribution in [-0.4, -0.2) is 0 Å². The lowest BCUT2D eigenvalue weighted by Gasteiger charge is -2.15. The first kappa shape index (κ1) is 19.1. The van der Waals surface area contributed by atoms with Gasteiger partial charge < -0.3 is 5.32 Å². The van der Waals surface area contributed by atoms with Crippen molar-refractivity contribution in [3.8, 4) is 11.1 Å². The first-order valence-corrected chi connectivity index (χ1v) is 8.59. The highest BCUT2D eigenvalue weighted by Gasteiger charge is 2.30. The summed E-state index contributed by atoms with van der Waals surface area (Å²) in [7, 11) is 0. The summed E-state index contributed by atoms with van der Waals surface area (Å²) in [6, 6.07) is 19.3. The molecule has 0 aliphatic carbocycles. The Hall–Kier alpha value is -2.66. The largest absolute Gasteiger partial charge is 0.416 e. The van der Waals surface area contributed by atoms with Gasteiger partial charge in [0.1, 0.15) is 5.82 Å². The molecule has 140 valence electrons. The number of benzene rings is 3. The molecule has 0 saturated carbocycles. The highest BCUT2D eigenvalue weighted by atomic mass is 19.4. The van der Waals surface area contributed by atoms with E-state index in [2.05, 4.69) is 5.32 Å². The van der Waals surface area contributed by atoms with Crippen LogP contribution in [0.5, 0.6) is 0 Å². The molecule has 1 nitrogen and oxygen atoms in total.